The summed E-state index contributed by atoms with van der Waals surface area (Å²) in [6.45, 7) is 5.03. The van der Waals surface area contributed by atoms with E-state index in [0.717, 1.165) is 96.3 Å². The molecular formula is C45H48O7. The lowest BCUT2D eigenvalue weighted by Gasteiger charge is -2.11. The van der Waals surface area contributed by atoms with Crippen molar-refractivity contribution in [1.82, 2.24) is 0 Å². The first-order valence-electron chi connectivity index (χ1n) is 18.7. The Hall–Kier alpha value is -5.17. The number of fused-ring (bicyclic) bond motifs is 2. The van der Waals surface area contributed by atoms with Crippen molar-refractivity contribution in [3.63, 3.8) is 0 Å². The van der Waals surface area contributed by atoms with E-state index < -0.39 is 5.92 Å². The standard InChI is InChI=1S/C45H48O7/c1-32-43(35-16-10-8-11-17-35)37-30-33(20-24-39(37)51-32)22-26-41(46)49-28-14-6-4-2-3-5-7-15-29-50-42(47)27-23-34-21-25-40-38(31-34)44(45(48)52-40)36-18-12-9-13-19-36/h8-13,16-21,24-25,30-31,43-44H,1-7,14-15,22-23,26-29H2. The van der Waals surface area contributed by atoms with E-state index in [2.05, 4.69) is 24.8 Å². The SMILES string of the molecule is C=C1Oc2ccc(CCC(=O)OCCCCCCCCCCOC(=O)CCc3ccc4c(c3)C(c3ccccc3)C(=O)O4)cc2C1c1ccccc1. The molecule has 4 aromatic rings. The summed E-state index contributed by atoms with van der Waals surface area (Å²) in [5.74, 6) is 1.10. The van der Waals surface area contributed by atoms with Crippen LogP contribution in [0.25, 0.3) is 0 Å². The molecule has 2 aliphatic rings. The number of esters is 3. The van der Waals surface area contributed by atoms with E-state index in [1.54, 1.807) is 0 Å². The predicted octanol–water partition coefficient (Wildman–Crippen LogP) is 9.55. The Bertz CT molecular complexity index is 1700. The summed E-state index contributed by atoms with van der Waals surface area (Å²) in [5.41, 5.74) is 6.08. The Morgan fingerprint density at radius 3 is 1.52 bits per heavy atom. The van der Waals surface area contributed by atoms with Crippen molar-refractivity contribution in [3.8, 4) is 11.5 Å². The van der Waals surface area contributed by atoms with E-state index in [1.165, 1.54) is 0 Å². The van der Waals surface area contributed by atoms with Gasteiger partial charge in [0.1, 0.15) is 23.2 Å². The van der Waals surface area contributed by atoms with Crippen molar-refractivity contribution in [2.45, 2.75) is 88.9 Å². The van der Waals surface area contributed by atoms with Crippen molar-refractivity contribution in [3.05, 3.63) is 143 Å². The van der Waals surface area contributed by atoms with Crippen molar-refractivity contribution in [2.24, 2.45) is 0 Å². The van der Waals surface area contributed by atoms with Crippen LogP contribution in [-0.2, 0) is 36.7 Å². The molecule has 2 heterocycles. The third-order valence-electron chi connectivity index (χ3n) is 9.85. The summed E-state index contributed by atoms with van der Waals surface area (Å²) in [4.78, 5) is 37.3. The van der Waals surface area contributed by atoms with Crippen LogP contribution in [0.2, 0.25) is 0 Å². The second-order valence-electron chi connectivity index (χ2n) is 13.7. The molecule has 0 spiro atoms. The fourth-order valence-electron chi connectivity index (χ4n) is 7.06. The zero-order valence-electron chi connectivity index (χ0n) is 29.9. The monoisotopic (exact) mass is 700 g/mol. The number of carbonyl (C=O) groups is 3. The lowest BCUT2D eigenvalue weighted by atomic mass is 9.90. The zero-order chi connectivity index (χ0) is 36.1. The summed E-state index contributed by atoms with van der Waals surface area (Å²) in [6, 6.07) is 31.7. The zero-order valence-corrected chi connectivity index (χ0v) is 29.9. The van der Waals surface area contributed by atoms with Gasteiger partial charge in [-0.15, -0.1) is 0 Å². The smallest absolute Gasteiger partial charge is 0.323 e. The number of hydrogen-bond acceptors (Lipinski definition) is 7. The van der Waals surface area contributed by atoms with E-state index in [1.807, 2.05) is 78.9 Å². The maximum Gasteiger partial charge on any atom is 0.323 e. The average Bonchev–Trinajstić information content (AvgIpc) is 3.68. The molecule has 0 aromatic heterocycles. The highest BCUT2D eigenvalue weighted by Crippen LogP contribution is 2.44. The van der Waals surface area contributed by atoms with E-state index in [-0.39, 0.29) is 23.8 Å². The van der Waals surface area contributed by atoms with Gasteiger partial charge < -0.3 is 18.9 Å². The number of ether oxygens (including phenoxy) is 4. The first-order chi connectivity index (χ1) is 25.5. The fraction of sp³-hybridized carbons (Fsp3) is 0.356. The third-order valence-corrected chi connectivity index (χ3v) is 9.85. The van der Waals surface area contributed by atoms with E-state index in [0.29, 0.717) is 44.6 Å². The van der Waals surface area contributed by atoms with Gasteiger partial charge in [-0.1, -0.05) is 130 Å². The third kappa shape index (κ3) is 9.78. The normalized spacial score (nSPS) is 15.8. The van der Waals surface area contributed by atoms with Crippen LogP contribution in [0, 0.1) is 0 Å². The molecule has 0 bridgehead atoms. The van der Waals surface area contributed by atoms with Gasteiger partial charge in [0.25, 0.3) is 0 Å². The lowest BCUT2D eigenvalue weighted by Crippen LogP contribution is -2.11. The Morgan fingerprint density at radius 2 is 1.00 bits per heavy atom. The first-order valence-corrected chi connectivity index (χ1v) is 18.7. The van der Waals surface area contributed by atoms with E-state index in [4.69, 9.17) is 18.9 Å². The predicted molar refractivity (Wildman–Crippen MR) is 200 cm³/mol. The summed E-state index contributed by atoms with van der Waals surface area (Å²) < 4.78 is 22.4. The van der Waals surface area contributed by atoms with Gasteiger partial charge in [-0.2, -0.15) is 0 Å². The molecule has 2 aliphatic heterocycles. The average molecular weight is 701 g/mol. The number of rotatable bonds is 19. The van der Waals surface area contributed by atoms with Crippen LogP contribution in [0.4, 0.5) is 0 Å². The van der Waals surface area contributed by atoms with Gasteiger partial charge in [-0.25, -0.2) is 0 Å². The van der Waals surface area contributed by atoms with Crippen molar-refractivity contribution in [1.29, 1.82) is 0 Å². The van der Waals surface area contributed by atoms with Crippen molar-refractivity contribution >= 4 is 17.9 Å². The maximum absolute atomic E-state index is 12.5. The topological polar surface area (TPSA) is 88.1 Å². The molecule has 7 nitrogen and oxygen atoms in total. The highest BCUT2D eigenvalue weighted by Gasteiger charge is 2.34. The Labute approximate surface area is 307 Å². The molecule has 7 heteroatoms. The van der Waals surface area contributed by atoms with E-state index >= 15 is 0 Å². The molecule has 0 radical (unpaired) electrons. The quantitative estimate of drug-likeness (QED) is 0.0547. The van der Waals surface area contributed by atoms with Crippen molar-refractivity contribution < 1.29 is 33.3 Å². The Kier molecular flexibility index (Phi) is 12.9. The fourth-order valence-corrected chi connectivity index (χ4v) is 7.06. The molecule has 0 amide bonds. The van der Waals surface area contributed by atoms with Crippen LogP contribution >= 0.6 is 0 Å². The van der Waals surface area contributed by atoms with Gasteiger partial charge in [-0.3, -0.25) is 14.4 Å². The van der Waals surface area contributed by atoms with Crippen LogP contribution in [0.15, 0.2) is 109 Å². The summed E-state index contributed by atoms with van der Waals surface area (Å²) in [5, 5.41) is 0. The molecular weight excluding hydrogens is 652 g/mol. The maximum atomic E-state index is 12.5. The largest absolute Gasteiger partial charge is 0.466 e. The highest BCUT2D eigenvalue weighted by molar-refractivity contribution is 5.89. The lowest BCUT2D eigenvalue weighted by molar-refractivity contribution is -0.144. The molecule has 52 heavy (non-hydrogen) atoms. The van der Waals surface area contributed by atoms with Gasteiger partial charge >= 0.3 is 17.9 Å². The van der Waals surface area contributed by atoms with Crippen LogP contribution < -0.4 is 9.47 Å². The van der Waals surface area contributed by atoms with Crippen LogP contribution in [0.5, 0.6) is 11.5 Å². The van der Waals surface area contributed by atoms with Crippen LogP contribution in [-0.4, -0.2) is 31.1 Å². The molecule has 2 unspecified atom stereocenters. The molecule has 0 fully saturated rings. The molecule has 4 aromatic carbocycles. The van der Waals surface area contributed by atoms with Crippen molar-refractivity contribution in [2.75, 3.05) is 13.2 Å². The minimum atomic E-state index is -0.432. The van der Waals surface area contributed by atoms with Gasteiger partial charge in [0, 0.05) is 24.0 Å². The minimum Gasteiger partial charge on any atom is -0.466 e. The molecule has 2 atom stereocenters. The summed E-state index contributed by atoms with van der Waals surface area (Å²) in [6.07, 6.45) is 10.2. The molecule has 0 N–H and O–H groups in total. The van der Waals surface area contributed by atoms with E-state index in [9.17, 15) is 14.4 Å². The van der Waals surface area contributed by atoms with Gasteiger partial charge in [0.15, 0.2) is 0 Å². The van der Waals surface area contributed by atoms with Gasteiger partial charge in [0.05, 0.1) is 19.1 Å². The minimum absolute atomic E-state index is 0.00732. The Balaban J connectivity index is 0.766. The molecule has 0 saturated heterocycles. The molecule has 270 valence electrons. The first kappa shape index (κ1) is 36.6. The number of carbonyl (C=O) groups excluding carboxylic acids is 3. The van der Waals surface area contributed by atoms with Gasteiger partial charge in [0.2, 0.25) is 0 Å². The highest BCUT2D eigenvalue weighted by atomic mass is 16.5. The molecule has 0 aliphatic carbocycles. The second-order valence-corrected chi connectivity index (χ2v) is 13.7. The van der Waals surface area contributed by atoms with Gasteiger partial charge in [-0.05, 0) is 60.1 Å². The number of unbranched alkanes of at least 4 members (excludes halogenated alkanes) is 7. The number of aryl methyl sites for hydroxylation is 2. The second kappa shape index (κ2) is 18.4. The number of allylic oxidation sites excluding steroid dienone is 1. The number of benzene rings is 4. The summed E-state index contributed by atoms with van der Waals surface area (Å²) in [7, 11) is 0. The summed E-state index contributed by atoms with van der Waals surface area (Å²) >= 11 is 0. The van der Waals surface area contributed by atoms with Crippen LogP contribution in [0.3, 0.4) is 0 Å². The number of hydrogen-bond donors (Lipinski definition) is 0. The van der Waals surface area contributed by atoms with Crippen LogP contribution in [0.1, 0.15) is 109 Å². The molecule has 0 saturated carbocycles. The molecule has 6 rings (SSSR count). The Morgan fingerprint density at radius 1 is 0.558 bits per heavy atom.